The van der Waals surface area contributed by atoms with Gasteiger partial charge < -0.3 is 15.2 Å². The van der Waals surface area contributed by atoms with Crippen molar-refractivity contribution in [1.82, 2.24) is 5.32 Å². The molecule has 0 radical (unpaired) electrons. The summed E-state index contributed by atoms with van der Waals surface area (Å²) in [6.45, 7) is 4.03. The Hall–Kier alpha value is -0.530. The topological polar surface area (TPSA) is 58.6 Å². The van der Waals surface area contributed by atoms with Gasteiger partial charge in [0.15, 0.2) is 0 Å². The molecule has 1 aromatic carbocycles. The Morgan fingerprint density at radius 3 is 2.65 bits per heavy atom. The van der Waals surface area contributed by atoms with Gasteiger partial charge in [0.05, 0.1) is 17.7 Å². The van der Waals surface area contributed by atoms with E-state index in [1.54, 1.807) is 12.1 Å². The number of methoxy groups -OCH3 is 1. The van der Waals surface area contributed by atoms with Crippen molar-refractivity contribution in [3.63, 3.8) is 0 Å². The van der Waals surface area contributed by atoms with Crippen molar-refractivity contribution < 1.29 is 14.6 Å². The van der Waals surface area contributed by atoms with E-state index in [-0.39, 0.29) is 24.5 Å². The molecule has 2 N–H and O–H groups in total. The van der Waals surface area contributed by atoms with E-state index in [4.69, 9.17) is 21.4 Å². The van der Waals surface area contributed by atoms with E-state index in [2.05, 4.69) is 27.9 Å². The van der Waals surface area contributed by atoms with Crippen LogP contribution in [0.15, 0.2) is 12.1 Å². The molecule has 0 aromatic heterocycles. The van der Waals surface area contributed by atoms with E-state index < -0.39 is 0 Å². The van der Waals surface area contributed by atoms with Crippen LogP contribution in [0.4, 0.5) is 0 Å². The van der Waals surface area contributed by atoms with Gasteiger partial charge in [-0.25, -0.2) is 0 Å². The Labute approximate surface area is 138 Å². The Morgan fingerprint density at radius 2 is 2.15 bits per heavy atom. The Kier molecular flexibility index (Phi) is 7.05. The molecule has 1 unspecified atom stereocenters. The quantitative estimate of drug-likeness (QED) is 0.707. The third-order valence-electron chi connectivity index (χ3n) is 3.05. The fourth-order valence-corrected chi connectivity index (χ4v) is 2.43. The number of benzene rings is 1. The highest BCUT2D eigenvalue weighted by molar-refractivity contribution is 14.1. The summed E-state index contributed by atoms with van der Waals surface area (Å²) in [5, 5.41) is 12.5. The van der Waals surface area contributed by atoms with Crippen LogP contribution in [0.1, 0.15) is 30.6 Å². The number of halogens is 2. The van der Waals surface area contributed by atoms with E-state index >= 15 is 0 Å². The Morgan fingerprint density at radius 1 is 1.50 bits per heavy atom. The van der Waals surface area contributed by atoms with Gasteiger partial charge in [0, 0.05) is 16.2 Å². The van der Waals surface area contributed by atoms with Crippen LogP contribution < -0.4 is 10.1 Å². The van der Waals surface area contributed by atoms with Crippen molar-refractivity contribution in [3.05, 3.63) is 26.3 Å². The average molecular weight is 412 g/mol. The minimum Gasteiger partial charge on any atom is -0.496 e. The molecular weight excluding hydrogens is 393 g/mol. The lowest BCUT2D eigenvalue weighted by Crippen LogP contribution is -2.39. The van der Waals surface area contributed by atoms with E-state index in [0.717, 1.165) is 3.57 Å². The highest BCUT2D eigenvalue weighted by atomic mass is 127. The molecule has 112 valence electrons. The lowest BCUT2D eigenvalue weighted by Gasteiger charge is -2.22. The SMILES string of the molecule is COc1cc(I)c(Cl)cc1C(=O)NC(CCO)C(C)C. The summed E-state index contributed by atoms with van der Waals surface area (Å²) >= 11 is 8.15. The van der Waals surface area contributed by atoms with Crippen molar-refractivity contribution in [2.45, 2.75) is 26.3 Å². The second-order valence-corrected chi connectivity index (χ2v) is 6.37. The van der Waals surface area contributed by atoms with Gasteiger partial charge in [0.25, 0.3) is 5.91 Å². The van der Waals surface area contributed by atoms with Crippen LogP contribution in [-0.4, -0.2) is 30.8 Å². The highest BCUT2D eigenvalue weighted by Gasteiger charge is 2.20. The molecule has 1 rings (SSSR count). The molecule has 0 saturated heterocycles. The van der Waals surface area contributed by atoms with E-state index in [9.17, 15) is 4.79 Å². The van der Waals surface area contributed by atoms with Crippen LogP contribution in [0.25, 0.3) is 0 Å². The summed E-state index contributed by atoms with van der Waals surface area (Å²) < 4.78 is 6.06. The zero-order valence-electron chi connectivity index (χ0n) is 11.7. The molecule has 0 aliphatic carbocycles. The maximum Gasteiger partial charge on any atom is 0.255 e. The average Bonchev–Trinajstić information content (AvgIpc) is 2.40. The van der Waals surface area contributed by atoms with Crippen LogP contribution >= 0.6 is 34.2 Å². The van der Waals surface area contributed by atoms with Gasteiger partial charge in [-0.05, 0) is 47.1 Å². The summed E-state index contributed by atoms with van der Waals surface area (Å²) in [6.07, 6.45) is 0.518. The first-order valence-corrected chi connectivity index (χ1v) is 7.81. The van der Waals surface area contributed by atoms with Crippen LogP contribution in [0.5, 0.6) is 5.75 Å². The lowest BCUT2D eigenvalue weighted by molar-refractivity contribution is 0.0913. The fraction of sp³-hybridized carbons (Fsp3) is 0.500. The summed E-state index contributed by atoms with van der Waals surface area (Å²) in [5.41, 5.74) is 0.404. The Balaban J connectivity index is 2.99. The first kappa shape index (κ1) is 17.5. The normalized spacial score (nSPS) is 12.3. The number of nitrogens with one attached hydrogen (secondary N) is 1. The summed E-state index contributed by atoms with van der Waals surface area (Å²) in [5.74, 6) is 0.478. The molecule has 6 heteroatoms. The van der Waals surface area contributed by atoms with Gasteiger partial charge >= 0.3 is 0 Å². The maximum absolute atomic E-state index is 12.3. The van der Waals surface area contributed by atoms with Gasteiger partial charge in [0.2, 0.25) is 0 Å². The van der Waals surface area contributed by atoms with Gasteiger partial charge in [0.1, 0.15) is 5.75 Å². The monoisotopic (exact) mass is 411 g/mol. The maximum atomic E-state index is 12.3. The third-order valence-corrected chi connectivity index (χ3v) is 4.57. The second kappa shape index (κ2) is 8.05. The predicted octanol–water partition coefficient (Wildman–Crippen LogP) is 3.09. The number of ether oxygens (including phenoxy) is 1. The minimum atomic E-state index is -0.243. The van der Waals surface area contributed by atoms with E-state index in [1.165, 1.54) is 7.11 Å². The predicted molar refractivity (Wildman–Crippen MR) is 88.5 cm³/mol. The molecule has 1 atom stereocenters. The zero-order valence-corrected chi connectivity index (χ0v) is 14.7. The molecule has 0 saturated carbocycles. The third kappa shape index (κ3) is 4.49. The molecule has 20 heavy (non-hydrogen) atoms. The van der Waals surface area contributed by atoms with Crippen LogP contribution in [0.3, 0.4) is 0 Å². The summed E-state index contributed by atoms with van der Waals surface area (Å²) in [6, 6.07) is 3.25. The molecule has 0 spiro atoms. The lowest BCUT2D eigenvalue weighted by atomic mass is 10.0. The van der Waals surface area contributed by atoms with E-state index in [0.29, 0.717) is 22.8 Å². The van der Waals surface area contributed by atoms with Crippen molar-refractivity contribution in [2.75, 3.05) is 13.7 Å². The molecule has 0 aliphatic rings. The molecule has 0 aliphatic heterocycles. The van der Waals surface area contributed by atoms with Crippen molar-refractivity contribution in [1.29, 1.82) is 0 Å². The van der Waals surface area contributed by atoms with Crippen molar-refractivity contribution in [2.24, 2.45) is 5.92 Å². The number of aliphatic hydroxyl groups excluding tert-OH is 1. The van der Waals surface area contributed by atoms with E-state index in [1.807, 2.05) is 13.8 Å². The first-order chi connectivity index (χ1) is 9.40. The minimum absolute atomic E-state index is 0.0354. The second-order valence-electron chi connectivity index (χ2n) is 4.80. The number of aliphatic hydroxyl groups is 1. The smallest absolute Gasteiger partial charge is 0.255 e. The molecule has 0 heterocycles. The number of hydrogen-bond donors (Lipinski definition) is 2. The Bertz CT molecular complexity index is 480. The molecule has 1 aromatic rings. The number of rotatable bonds is 6. The highest BCUT2D eigenvalue weighted by Crippen LogP contribution is 2.28. The standard InChI is InChI=1S/C14H19ClINO3/c1-8(2)12(4-5-18)17-14(19)9-6-10(15)11(16)7-13(9)20-3/h6-8,12,18H,4-5H2,1-3H3,(H,17,19). The molecule has 0 fully saturated rings. The molecule has 1 amide bonds. The largest absolute Gasteiger partial charge is 0.496 e. The molecule has 4 nitrogen and oxygen atoms in total. The van der Waals surface area contributed by atoms with Crippen molar-refractivity contribution in [3.8, 4) is 5.75 Å². The number of carbonyl (C=O) groups excluding carboxylic acids is 1. The van der Waals surface area contributed by atoms with Crippen LogP contribution in [-0.2, 0) is 0 Å². The zero-order chi connectivity index (χ0) is 15.3. The van der Waals surface area contributed by atoms with Crippen molar-refractivity contribution >= 4 is 40.1 Å². The van der Waals surface area contributed by atoms with Crippen LogP contribution in [0.2, 0.25) is 5.02 Å². The fourth-order valence-electron chi connectivity index (χ4n) is 1.83. The van der Waals surface area contributed by atoms with Gasteiger partial charge in [-0.1, -0.05) is 25.4 Å². The summed E-state index contributed by atoms with van der Waals surface area (Å²) in [4.78, 5) is 12.3. The molecular formula is C14H19ClINO3. The first-order valence-electron chi connectivity index (χ1n) is 6.35. The number of hydrogen-bond acceptors (Lipinski definition) is 3. The van der Waals surface area contributed by atoms with Gasteiger partial charge in [-0.15, -0.1) is 0 Å². The number of amides is 1. The molecule has 0 bridgehead atoms. The van der Waals surface area contributed by atoms with Crippen LogP contribution in [0, 0.1) is 9.49 Å². The van der Waals surface area contributed by atoms with Gasteiger partial charge in [-0.3, -0.25) is 4.79 Å². The summed E-state index contributed by atoms with van der Waals surface area (Å²) in [7, 11) is 1.52. The van der Waals surface area contributed by atoms with Gasteiger partial charge in [-0.2, -0.15) is 0 Å². The number of carbonyl (C=O) groups is 1.